The number of amides is 1. The van der Waals surface area contributed by atoms with Crippen molar-refractivity contribution in [1.29, 1.82) is 0 Å². The summed E-state index contributed by atoms with van der Waals surface area (Å²) in [6.07, 6.45) is 1.13. The molecule has 1 N–H and O–H groups in total. The Morgan fingerprint density at radius 3 is 2.46 bits per heavy atom. The minimum Gasteiger partial charge on any atom is -0.354 e. The highest BCUT2D eigenvalue weighted by Crippen LogP contribution is 2.19. The minimum absolute atomic E-state index is 0.0120. The molecular weight excluding hydrogens is 371 g/mol. The molecule has 2 aromatic rings. The number of carbonyl (C=O) groups excluding carboxylic acids is 1. The summed E-state index contributed by atoms with van der Waals surface area (Å²) in [6, 6.07) is 14.3. The van der Waals surface area contributed by atoms with Gasteiger partial charge in [0.25, 0.3) is 0 Å². The van der Waals surface area contributed by atoms with E-state index in [1.54, 1.807) is 12.1 Å². The monoisotopic (exact) mass is 392 g/mol. The van der Waals surface area contributed by atoms with Gasteiger partial charge in [-0.2, -0.15) is 0 Å². The van der Waals surface area contributed by atoms with Crippen molar-refractivity contribution in [1.82, 2.24) is 10.2 Å². The second-order valence-corrected chi connectivity index (χ2v) is 6.78. The lowest BCUT2D eigenvalue weighted by Crippen LogP contribution is -2.34. The predicted molar refractivity (Wildman–Crippen MR) is 98.3 cm³/mol. The third-order valence-electron chi connectivity index (χ3n) is 3.95. The molecule has 128 valence electrons. The molecule has 0 spiro atoms. The summed E-state index contributed by atoms with van der Waals surface area (Å²) < 4.78 is 14.1. The molecule has 0 aliphatic carbocycles. The van der Waals surface area contributed by atoms with Crippen LogP contribution in [0.1, 0.15) is 23.6 Å². The molecule has 0 bridgehead atoms. The van der Waals surface area contributed by atoms with Gasteiger partial charge in [0.05, 0.1) is 6.04 Å². The molecule has 2 rings (SSSR count). The lowest BCUT2D eigenvalue weighted by atomic mass is 10.1. The first-order valence-corrected chi connectivity index (χ1v) is 8.68. The first-order chi connectivity index (χ1) is 11.5. The zero-order valence-electron chi connectivity index (χ0n) is 13.9. The van der Waals surface area contributed by atoms with Crippen LogP contribution < -0.4 is 5.32 Å². The number of nitrogens with one attached hydrogen (secondary N) is 1. The number of aryl methyl sites for hydroxylation is 1. The Bertz CT molecular complexity index is 673. The fourth-order valence-electron chi connectivity index (χ4n) is 2.53. The number of likely N-dealkylation sites (N-methyl/N-ethyl adjacent to an activating group) is 1. The third-order valence-corrected chi connectivity index (χ3v) is 4.72. The van der Waals surface area contributed by atoms with Gasteiger partial charge in [-0.3, -0.25) is 4.79 Å². The Labute approximate surface area is 151 Å². The van der Waals surface area contributed by atoms with Gasteiger partial charge in [-0.25, -0.2) is 4.39 Å². The van der Waals surface area contributed by atoms with E-state index in [0.29, 0.717) is 19.4 Å². The van der Waals surface area contributed by atoms with Crippen LogP contribution in [-0.2, 0) is 11.2 Å². The van der Waals surface area contributed by atoms with E-state index >= 15 is 0 Å². The maximum atomic E-state index is 13.1. The highest BCUT2D eigenvalue weighted by molar-refractivity contribution is 9.10. The molecule has 24 heavy (non-hydrogen) atoms. The summed E-state index contributed by atoms with van der Waals surface area (Å²) >= 11 is 3.50. The number of rotatable bonds is 7. The Balaban J connectivity index is 1.88. The van der Waals surface area contributed by atoms with Crippen molar-refractivity contribution in [2.24, 2.45) is 0 Å². The van der Waals surface area contributed by atoms with Crippen LogP contribution in [0.4, 0.5) is 4.39 Å². The Hall–Kier alpha value is -1.72. The average molecular weight is 393 g/mol. The third kappa shape index (κ3) is 5.42. The molecule has 1 atom stereocenters. The van der Waals surface area contributed by atoms with E-state index < -0.39 is 0 Å². The van der Waals surface area contributed by atoms with Crippen molar-refractivity contribution in [3.05, 3.63) is 69.9 Å². The number of hydrogen-bond acceptors (Lipinski definition) is 2. The maximum absolute atomic E-state index is 13.1. The van der Waals surface area contributed by atoms with Gasteiger partial charge in [0, 0.05) is 17.4 Å². The fraction of sp³-hybridized carbons (Fsp3) is 0.316. The highest BCUT2D eigenvalue weighted by Gasteiger charge is 2.15. The standard InChI is InChI=1S/C19H22BrFN2O/c1-23(2)18(15-7-10-16(21)11-8-15)13-22-19(24)12-9-14-5-3-4-6-17(14)20/h3-8,10-11,18H,9,12-13H2,1-2H3,(H,22,24). The fourth-order valence-corrected chi connectivity index (χ4v) is 3.01. The average Bonchev–Trinajstić information content (AvgIpc) is 2.55. The van der Waals surface area contributed by atoms with Gasteiger partial charge >= 0.3 is 0 Å². The first kappa shape index (κ1) is 18.6. The van der Waals surface area contributed by atoms with Crippen LogP contribution in [0.2, 0.25) is 0 Å². The summed E-state index contributed by atoms with van der Waals surface area (Å²) in [5, 5.41) is 2.98. The molecule has 3 nitrogen and oxygen atoms in total. The smallest absolute Gasteiger partial charge is 0.220 e. The van der Waals surface area contributed by atoms with Gasteiger partial charge in [0.15, 0.2) is 0 Å². The summed E-state index contributed by atoms with van der Waals surface area (Å²) in [6.45, 7) is 0.493. The predicted octanol–water partition coefficient (Wildman–Crippen LogP) is 3.94. The first-order valence-electron chi connectivity index (χ1n) is 7.89. The van der Waals surface area contributed by atoms with Crippen LogP contribution in [0, 0.1) is 5.82 Å². The van der Waals surface area contributed by atoms with Crippen LogP contribution in [-0.4, -0.2) is 31.4 Å². The normalized spacial score (nSPS) is 12.2. The van der Waals surface area contributed by atoms with E-state index in [9.17, 15) is 9.18 Å². The lowest BCUT2D eigenvalue weighted by Gasteiger charge is -2.25. The molecule has 0 aromatic heterocycles. The molecule has 0 saturated heterocycles. The van der Waals surface area contributed by atoms with Gasteiger partial charge in [-0.1, -0.05) is 46.3 Å². The van der Waals surface area contributed by atoms with E-state index in [1.165, 1.54) is 12.1 Å². The zero-order chi connectivity index (χ0) is 17.5. The van der Waals surface area contributed by atoms with Gasteiger partial charge in [-0.05, 0) is 49.8 Å². The van der Waals surface area contributed by atoms with Gasteiger partial charge in [-0.15, -0.1) is 0 Å². The summed E-state index contributed by atoms with van der Waals surface area (Å²) in [5.41, 5.74) is 2.10. The Kier molecular flexibility index (Phi) is 6.94. The topological polar surface area (TPSA) is 32.3 Å². The molecule has 0 heterocycles. The van der Waals surface area contributed by atoms with Crippen molar-refractivity contribution < 1.29 is 9.18 Å². The lowest BCUT2D eigenvalue weighted by molar-refractivity contribution is -0.121. The molecule has 0 aliphatic rings. The molecule has 2 aromatic carbocycles. The van der Waals surface area contributed by atoms with Gasteiger partial charge < -0.3 is 10.2 Å². The largest absolute Gasteiger partial charge is 0.354 e. The number of nitrogens with zero attached hydrogens (tertiary/aromatic N) is 1. The molecule has 0 fully saturated rings. The van der Waals surface area contributed by atoms with Crippen molar-refractivity contribution in [2.45, 2.75) is 18.9 Å². The van der Waals surface area contributed by atoms with Gasteiger partial charge in [0.1, 0.15) is 5.82 Å². The zero-order valence-corrected chi connectivity index (χ0v) is 15.5. The van der Waals surface area contributed by atoms with E-state index in [2.05, 4.69) is 21.2 Å². The van der Waals surface area contributed by atoms with E-state index in [4.69, 9.17) is 0 Å². The second kappa shape index (κ2) is 8.94. The van der Waals surface area contributed by atoms with Crippen molar-refractivity contribution >= 4 is 21.8 Å². The summed E-state index contributed by atoms with van der Waals surface area (Å²) in [4.78, 5) is 14.2. The van der Waals surface area contributed by atoms with Crippen LogP contribution in [0.3, 0.4) is 0 Å². The van der Waals surface area contributed by atoms with E-state index in [-0.39, 0.29) is 17.8 Å². The quantitative estimate of drug-likeness (QED) is 0.773. The maximum Gasteiger partial charge on any atom is 0.220 e. The van der Waals surface area contributed by atoms with E-state index in [0.717, 1.165) is 15.6 Å². The van der Waals surface area contributed by atoms with Crippen LogP contribution in [0.15, 0.2) is 53.0 Å². The van der Waals surface area contributed by atoms with Crippen LogP contribution in [0.5, 0.6) is 0 Å². The van der Waals surface area contributed by atoms with E-state index in [1.807, 2.05) is 43.3 Å². The number of hydrogen-bond donors (Lipinski definition) is 1. The summed E-state index contributed by atoms with van der Waals surface area (Å²) in [7, 11) is 3.89. The van der Waals surface area contributed by atoms with Crippen molar-refractivity contribution in [2.75, 3.05) is 20.6 Å². The number of halogens is 2. The SMILES string of the molecule is CN(C)C(CNC(=O)CCc1ccccc1Br)c1ccc(F)cc1. The minimum atomic E-state index is -0.256. The van der Waals surface area contributed by atoms with Crippen molar-refractivity contribution in [3.8, 4) is 0 Å². The Morgan fingerprint density at radius 2 is 1.83 bits per heavy atom. The molecule has 5 heteroatoms. The second-order valence-electron chi connectivity index (χ2n) is 5.93. The van der Waals surface area contributed by atoms with Crippen LogP contribution in [0.25, 0.3) is 0 Å². The molecular formula is C19H22BrFN2O. The molecule has 1 amide bonds. The molecule has 0 radical (unpaired) electrons. The molecule has 0 saturated carbocycles. The summed E-state index contributed by atoms with van der Waals surface area (Å²) in [5.74, 6) is -0.242. The van der Waals surface area contributed by atoms with Crippen molar-refractivity contribution in [3.63, 3.8) is 0 Å². The molecule has 1 unspecified atom stereocenters. The number of carbonyl (C=O) groups is 1. The number of benzene rings is 2. The highest BCUT2D eigenvalue weighted by atomic mass is 79.9. The Morgan fingerprint density at radius 1 is 1.17 bits per heavy atom. The molecule has 0 aliphatic heterocycles. The van der Waals surface area contributed by atoms with Crippen LogP contribution >= 0.6 is 15.9 Å². The van der Waals surface area contributed by atoms with Gasteiger partial charge in [0.2, 0.25) is 5.91 Å².